The van der Waals surface area contributed by atoms with Crippen LogP contribution >= 0.6 is 0 Å². The first-order valence-corrected chi connectivity index (χ1v) is 9.30. The molecule has 1 aromatic carbocycles. The molecule has 2 atom stereocenters. The lowest BCUT2D eigenvalue weighted by Crippen LogP contribution is -2.48. The summed E-state index contributed by atoms with van der Waals surface area (Å²) >= 11 is 0. The van der Waals surface area contributed by atoms with Crippen LogP contribution in [-0.4, -0.2) is 32.7 Å². The van der Waals surface area contributed by atoms with Gasteiger partial charge in [-0.2, -0.15) is 5.10 Å². The summed E-state index contributed by atoms with van der Waals surface area (Å²) in [7, 11) is 1.91. The van der Waals surface area contributed by atoms with Crippen molar-refractivity contribution in [3.8, 4) is 0 Å². The molecular weight excluding hydrogens is 326 g/mol. The van der Waals surface area contributed by atoms with Gasteiger partial charge in [-0.25, -0.2) is 0 Å². The van der Waals surface area contributed by atoms with E-state index in [9.17, 15) is 4.79 Å². The second kappa shape index (κ2) is 5.81. The van der Waals surface area contributed by atoms with Crippen LogP contribution in [0.4, 0.5) is 0 Å². The summed E-state index contributed by atoms with van der Waals surface area (Å²) in [5.74, 6) is 0.293. The number of rotatable bonds is 4. The molecule has 0 radical (unpaired) electrons. The molecule has 2 aromatic rings. The molecule has 2 fully saturated rings. The normalized spacial score (nSPS) is 32.3. The van der Waals surface area contributed by atoms with E-state index in [0.717, 1.165) is 24.8 Å². The largest absolute Gasteiger partial charge is 0.373 e. The molecular formula is C21H23N3O2. The maximum atomic E-state index is 13.2. The molecule has 2 aliphatic heterocycles. The van der Waals surface area contributed by atoms with Gasteiger partial charge in [0.25, 0.3) is 0 Å². The lowest BCUT2D eigenvalue weighted by Gasteiger charge is -2.43. The van der Waals surface area contributed by atoms with Crippen LogP contribution in [0.1, 0.15) is 36.4 Å². The van der Waals surface area contributed by atoms with Crippen LogP contribution in [0.15, 0.2) is 54.9 Å². The van der Waals surface area contributed by atoms with Crippen LogP contribution in [0.25, 0.3) is 0 Å². The number of hydrogen-bond acceptors (Lipinski definition) is 3. The van der Waals surface area contributed by atoms with E-state index in [4.69, 9.17) is 4.74 Å². The fourth-order valence-electron chi connectivity index (χ4n) is 4.75. The molecule has 5 rings (SSSR count). The summed E-state index contributed by atoms with van der Waals surface area (Å²) < 4.78 is 7.83. The van der Waals surface area contributed by atoms with Crippen molar-refractivity contribution in [1.82, 2.24) is 14.7 Å². The number of carbonyl (C=O) groups excluding carboxylic acids is 1. The third-order valence-electron chi connectivity index (χ3n) is 6.09. The van der Waals surface area contributed by atoms with Gasteiger partial charge in [-0.1, -0.05) is 42.5 Å². The smallest absolute Gasteiger partial charge is 0.230 e. The number of benzene rings is 1. The van der Waals surface area contributed by atoms with E-state index >= 15 is 0 Å². The summed E-state index contributed by atoms with van der Waals surface area (Å²) in [5.41, 5.74) is 2.07. The minimum absolute atomic E-state index is 0.0323. The van der Waals surface area contributed by atoms with E-state index in [1.807, 2.05) is 37.6 Å². The first kappa shape index (κ1) is 15.8. The van der Waals surface area contributed by atoms with Crippen molar-refractivity contribution in [3.05, 3.63) is 66.0 Å². The lowest BCUT2D eigenvalue weighted by molar-refractivity contribution is -0.153. The topological polar surface area (TPSA) is 47.4 Å². The standard InChI is InChI=1S/C21H23N3O2/c1-23-13-16(12-22-23)19-8-7-17-9-21(20(25)24(17)19)10-18(11-21)26-14-15-5-3-2-4-6-15/h2-8,12-13,17-19H,9-11,14H2,1H3. The monoisotopic (exact) mass is 349 g/mol. The predicted octanol–water partition coefficient (Wildman–Crippen LogP) is 3.00. The fourth-order valence-corrected chi connectivity index (χ4v) is 4.75. The van der Waals surface area contributed by atoms with Gasteiger partial charge < -0.3 is 9.64 Å². The number of amides is 1. The summed E-state index contributed by atoms with van der Waals surface area (Å²) in [4.78, 5) is 15.3. The SMILES string of the molecule is Cn1cc(C2C=CC3CC4(CC(OCc5ccccc5)C4)C(=O)N32)cn1. The second-order valence-electron chi connectivity index (χ2n) is 7.87. The van der Waals surface area contributed by atoms with Crippen molar-refractivity contribution >= 4 is 5.91 Å². The van der Waals surface area contributed by atoms with E-state index in [1.54, 1.807) is 4.68 Å². The van der Waals surface area contributed by atoms with Gasteiger partial charge in [0.15, 0.2) is 0 Å². The highest BCUT2D eigenvalue weighted by Crippen LogP contribution is 2.56. The van der Waals surface area contributed by atoms with Gasteiger partial charge in [-0.15, -0.1) is 0 Å². The number of carbonyl (C=O) groups is 1. The zero-order chi connectivity index (χ0) is 17.7. The maximum Gasteiger partial charge on any atom is 0.230 e. The predicted molar refractivity (Wildman–Crippen MR) is 97.0 cm³/mol. The fraction of sp³-hybridized carbons (Fsp3) is 0.429. The molecule has 1 aliphatic carbocycles. The molecule has 0 bridgehead atoms. The van der Waals surface area contributed by atoms with E-state index < -0.39 is 0 Å². The molecule has 1 aromatic heterocycles. The van der Waals surface area contributed by atoms with Gasteiger partial charge >= 0.3 is 0 Å². The van der Waals surface area contributed by atoms with Crippen LogP contribution in [0, 0.1) is 5.41 Å². The Morgan fingerprint density at radius 3 is 2.73 bits per heavy atom. The second-order valence-corrected chi connectivity index (χ2v) is 7.87. The molecule has 5 nitrogen and oxygen atoms in total. The van der Waals surface area contributed by atoms with Crippen molar-refractivity contribution in [2.45, 2.75) is 44.1 Å². The number of aromatic nitrogens is 2. The van der Waals surface area contributed by atoms with Gasteiger partial charge in [0.2, 0.25) is 5.91 Å². The maximum absolute atomic E-state index is 13.2. The van der Waals surface area contributed by atoms with Crippen LogP contribution in [0.5, 0.6) is 0 Å². The quantitative estimate of drug-likeness (QED) is 0.797. The number of fused-ring (bicyclic) bond motifs is 1. The first-order valence-electron chi connectivity index (χ1n) is 9.30. The van der Waals surface area contributed by atoms with E-state index in [1.165, 1.54) is 5.56 Å². The number of ether oxygens (including phenoxy) is 1. The van der Waals surface area contributed by atoms with Crippen molar-refractivity contribution < 1.29 is 9.53 Å². The van der Waals surface area contributed by atoms with Gasteiger partial charge in [-0.3, -0.25) is 9.48 Å². The Bertz CT molecular complexity index is 851. The Morgan fingerprint density at radius 1 is 1.19 bits per heavy atom. The summed E-state index contributed by atoms with van der Waals surface area (Å²) in [6.07, 6.45) is 11.0. The molecule has 3 aliphatic rings. The minimum Gasteiger partial charge on any atom is -0.373 e. The van der Waals surface area contributed by atoms with Gasteiger partial charge in [0.05, 0.1) is 36.4 Å². The minimum atomic E-state index is -0.211. The van der Waals surface area contributed by atoms with E-state index in [0.29, 0.717) is 12.5 Å². The van der Waals surface area contributed by atoms with Crippen molar-refractivity contribution in [1.29, 1.82) is 0 Å². The Kier molecular flexibility index (Phi) is 3.54. The zero-order valence-electron chi connectivity index (χ0n) is 14.9. The molecule has 1 saturated heterocycles. The van der Waals surface area contributed by atoms with E-state index in [2.05, 4.69) is 34.3 Å². The summed E-state index contributed by atoms with van der Waals surface area (Å²) in [6.45, 7) is 0.626. The molecule has 5 heteroatoms. The molecule has 3 heterocycles. The molecule has 134 valence electrons. The highest BCUT2D eigenvalue weighted by Gasteiger charge is 2.60. The van der Waals surface area contributed by atoms with Crippen molar-refractivity contribution in [2.75, 3.05) is 0 Å². The van der Waals surface area contributed by atoms with Crippen molar-refractivity contribution in [3.63, 3.8) is 0 Å². The third kappa shape index (κ3) is 2.42. The summed E-state index contributed by atoms with van der Waals surface area (Å²) in [5, 5.41) is 4.26. The third-order valence-corrected chi connectivity index (χ3v) is 6.09. The van der Waals surface area contributed by atoms with Crippen LogP contribution in [0.2, 0.25) is 0 Å². The van der Waals surface area contributed by atoms with Gasteiger partial charge in [-0.05, 0) is 24.8 Å². The Hall–Kier alpha value is -2.40. The zero-order valence-corrected chi connectivity index (χ0v) is 14.9. The van der Waals surface area contributed by atoms with Gasteiger partial charge in [0.1, 0.15) is 0 Å². The summed E-state index contributed by atoms with van der Waals surface area (Å²) in [6, 6.07) is 10.5. The Balaban J connectivity index is 1.24. The number of nitrogens with zero attached hydrogens (tertiary/aromatic N) is 3. The molecule has 0 N–H and O–H groups in total. The first-order chi connectivity index (χ1) is 12.6. The van der Waals surface area contributed by atoms with E-state index in [-0.39, 0.29) is 23.6 Å². The van der Waals surface area contributed by atoms with Crippen molar-refractivity contribution in [2.24, 2.45) is 12.5 Å². The average molecular weight is 349 g/mol. The molecule has 1 amide bonds. The van der Waals surface area contributed by atoms with Gasteiger partial charge in [0, 0.05) is 18.8 Å². The molecule has 1 spiro atoms. The number of hydrogen-bond donors (Lipinski definition) is 0. The Labute approximate surface area is 153 Å². The van der Waals surface area contributed by atoms with Crippen LogP contribution in [0.3, 0.4) is 0 Å². The highest BCUT2D eigenvalue weighted by molar-refractivity contribution is 5.88. The number of aryl methyl sites for hydroxylation is 1. The molecule has 26 heavy (non-hydrogen) atoms. The molecule has 2 unspecified atom stereocenters. The van der Waals surface area contributed by atoms with Crippen LogP contribution < -0.4 is 0 Å². The highest BCUT2D eigenvalue weighted by atomic mass is 16.5. The lowest BCUT2D eigenvalue weighted by atomic mass is 9.65. The average Bonchev–Trinajstić information content (AvgIpc) is 3.29. The Morgan fingerprint density at radius 2 is 2.00 bits per heavy atom. The molecule has 1 saturated carbocycles. The van der Waals surface area contributed by atoms with Crippen LogP contribution in [-0.2, 0) is 23.2 Å².